The molecule has 0 aliphatic rings. The second-order valence-corrected chi connectivity index (χ2v) is 5.27. The van der Waals surface area contributed by atoms with Crippen LogP contribution in [0, 0.1) is 6.92 Å². The van der Waals surface area contributed by atoms with Gasteiger partial charge >= 0.3 is 0 Å². The lowest BCUT2D eigenvalue weighted by atomic mass is 9.97. The van der Waals surface area contributed by atoms with Crippen LogP contribution >= 0.6 is 11.6 Å². The van der Waals surface area contributed by atoms with Gasteiger partial charge in [0.15, 0.2) is 0 Å². The third-order valence-electron chi connectivity index (χ3n) is 3.23. The normalized spacial score (nSPS) is 12.2. The van der Waals surface area contributed by atoms with Crippen molar-refractivity contribution in [2.75, 3.05) is 13.7 Å². The van der Waals surface area contributed by atoms with Gasteiger partial charge in [-0.2, -0.15) is 0 Å². The van der Waals surface area contributed by atoms with E-state index in [2.05, 4.69) is 37.4 Å². The number of methoxy groups -OCH3 is 1. The van der Waals surface area contributed by atoms with Crippen LogP contribution in [-0.4, -0.2) is 13.7 Å². The monoisotopic (exact) mass is 289 g/mol. The van der Waals surface area contributed by atoms with E-state index in [0.29, 0.717) is 0 Å². The number of ether oxygens (including phenoxy) is 1. The minimum absolute atomic E-state index is 0.118. The largest absolute Gasteiger partial charge is 0.497 e. The summed E-state index contributed by atoms with van der Waals surface area (Å²) in [6.07, 6.45) is 0. The Kier molecular flexibility index (Phi) is 5.05. The van der Waals surface area contributed by atoms with Gasteiger partial charge in [0.1, 0.15) is 5.75 Å². The average Bonchev–Trinajstić information content (AvgIpc) is 2.43. The van der Waals surface area contributed by atoms with Gasteiger partial charge in [-0.25, -0.2) is 0 Å². The van der Waals surface area contributed by atoms with Gasteiger partial charge in [-0.3, -0.25) is 0 Å². The maximum atomic E-state index is 6.19. The molecule has 0 heterocycles. The Morgan fingerprint density at radius 2 is 1.95 bits per heavy atom. The third-order valence-corrected chi connectivity index (χ3v) is 3.45. The minimum Gasteiger partial charge on any atom is -0.497 e. The highest BCUT2D eigenvalue weighted by Crippen LogP contribution is 2.27. The second kappa shape index (κ2) is 6.78. The van der Waals surface area contributed by atoms with Gasteiger partial charge in [-0.15, -0.1) is 0 Å². The van der Waals surface area contributed by atoms with Crippen LogP contribution in [-0.2, 0) is 0 Å². The Labute approximate surface area is 125 Å². The summed E-state index contributed by atoms with van der Waals surface area (Å²) in [7, 11) is 1.69. The predicted molar refractivity (Wildman–Crippen MR) is 84.7 cm³/mol. The molecular formula is C17H20ClNO. The Bertz CT molecular complexity index is 563. The maximum Gasteiger partial charge on any atom is 0.119 e. The lowest BCUT2D eigenvalue weighted by Crippen LogP contribution is -2.22. The lowest BCUT2D eigenvalue weighted by molar-refractivity contribution is 0.413. The van der Waals surface area contributed by atoms with Gasteiger partial charge in [0, 0.05) is 5.02 Å². The molecule has 0 aromatic heterocycles. The minimum atomic E-state index is 0.118. The lowest BCUT2D eigenvalue weighted by Gasteiger charge is -2.20. The summed E-state index contributed by atoms with van der Waals surface area (Å²) in [6.45, 7) is 5.04. The van der Waals surface area contributed by atoms with E-state index in [9.17, 15) is 0 Å². The molecule has 0 saturated carbocycles. The SMILES string of the molecule is CCNC(c1cc(C)cc(Cl)c1)c1cccc(OC)c1. The molecule has 2 aromatic carbocycles. The molecule has 0 aliphatic heterocycles. The predicted octanol–water partition coefficient (Wildman–Crippen LogP) is 4.36. The fourth-order valence-electron chi connectivity index (χ4n) is 2.38. The molecule has 106 valence electrons. The Balaban J connectivity index is 2.43. The van der Waals surface area contributed by atoms with Crippen molar-refractivity contribution in [3.63, 3.8) is 0 Å². The average molecular weight is 290 g/mol. The number of hydrogen-bond acceptors (Lipinski definition) is 2. The standard InChI is InChI=1S/C17H20ClNO/c1-4-19-17(13-6-5-7-16(11-13)20-3)14-8-12(2)9-15(18)10-14/h5-11,17,19H,4H2,1-3H3. The molecule has 1 atom stereocenters. The maximum absolute atomic E-state index is 6.19. The fourth-order valence-corrected chi connectivity index (χ4v) is 2.68. The smallest absolute Gasteiger partial charge is 0.119 e. The van der Waals surface area contributed by atoms with E-state index in [1.165, 1.54) is 16.7 Å². The molecular weight excluding hydrogens is 270 g/mol. The second-order valence-electron chi connectivity index (χ2n) is 4.83. The first-order chi connectivity index (χ1) is 9.63. The van der Waals surface area contributed by atoms with Crippen LogP contribution in [0.3, 0.4) is 0 Å². The Morgan fingerprint density at radius 3 is 2.60 bits per heavy atom. The summed E-state index contributed by atoms with van der Waals surface area (Å²) < 4.78 is 5.31. The van der Waals surface area contributed by atoms with Gasteiger partial charge < -0.3 is 10.1 Å². The van der Waals surface area contributed by atoms with E-state index in [1.807, 2.05) is 24.3 Å². The van der Waals surface area contributed by atoms with Crippen molar-refractivity contribution >= 4 is 11.6 Å². The van der Waals surface area contributed by atoms with Crippen molar-refractivity contribution < 1.29 is 4.74 Å². The summed E-state index contributed by atoms with van der Waals surface area (Å²) in [6, 6.07) is 14.4. The van der Waals surface area contributed by atoms with Gasteiger partial charge in [0.25, 0.3) is 0 Å². The van der Waals surface area contributed by atoms with Gasteiger partial charge in [-0.1, -0.05) is 36.7 Å². The molecule has 0 amide bonds. The highest BCUT2D eigenvalue weighted by atomic mass is 35.5. The first kappa shape index (κ1) is 14.9. The number of rotatable bonds is 5. The third kappa shape index (κ3) is 3.53. The van der Waals surface area contributed by atoms with Crippen LogP contribution in [0.2, 0.25) is 5.02 Å². The van der Waals surface area contributed by atoms with E-state index < -0.39 is 0 Å². The van der Waals surface area contributed by atoms with Crippen molar-refractivity contribution in [1.82, 2.24) is 5.32 Å². The molecule has 3 heteroatoms. The quantitative estimate of drug-likeness (QED) is 0.883. The van der Waals surface area contributed by atoms with Crippen LogP contribution in [0.15, 0.2) is 42.5 Å². The molecule has 0 bridgehead atoms. The van der Waals surface area contributed by atoms with E-state index in [0.717, 1.165) is 17.3 Å². The van der Waals surface area contributed by atoms with Crippen molar-refractivity contribution in [2.24, 2.45) is 0 Å². The number of hydrogen-bond donors (Lipinski definition) is 1. The summed E-state index contributed by atoms with van der Waals surface area (Å²) in [5, 5.41) is 4.28. The first-order valence-corrected chi connectivity index (χ1v) is 7.16. The molecule has 0 fully saturated rings. The highest BCUT2D eigenvalue weighted by molar-refractivity contribution is 6.30. The highest BCUT2D eigenvalue weighted by Gasteiger charge is 2.14. The topological polar surface area (TPSA) is 21.3 Å². The zero-order valence-corrected chi connectivity index (χ0v) is 12.9. The van der Waals surface area contributed by atoms with Crippen molar-refractivity contribution in [3.05, 3.63) is 64.2 Å². The van der Waals surface area contributed by atoms with Crippen LogP contribution in [0.5, 0.6) is 5.75 Å². The molecule has 1 N–H and O–H groups in total. The number of halogens is 1. The molecule has 0 aliphatic carbocycles. The molecule has 0 radical (unpaired) electrons. The van der Waals surface area contributed by atoms with E-state index >= 15 is 0 Å². The summed E-state index contributed by atoms with van der Waals surface area (Å²) in [4.78, 5) is 0. The van der Waals surface area contributed by atoms with E-state index in [1.54, 1.807) is 7.11 Å². The van der Waals surface area contributed by atoms with Gasteiger partial charge in [0.05, 0.1) is 13.2 Å². The Hall–Kier alpha value is -1.51. The molecule has 2 aromatic rings. The number of benzene rings is 2. The first-order valence-electron chi connectivity index (χ1n) is 6.78. The van der Waals surface area contributed by atoms with Crippen molar-refractivity contribution in [1.29, 1.82) is 0 Å². The molecule has 2 rings (SSSR count). The molecule has 2 nitrogen and oxygen atoms in total. The summed E-state index contributed by atoms with van der Waals surface area (Å²) in [5.41, 5.74) is 3.51. The van der Waals surface area contributed by atoms with Gasteiger partial charge in [-0.05, 0) is 54.4 Å². The van der Waals surface area contributed by atoms with Crippen LogP contribution < -0.4 is 10.1 Å². The summed E-state index contributed by atoms with van der Waals surface area (Å²) in [5.74, 6) is 0.865. The Morgan fingerprint density at radius 1 is 1.15 bits per heavy atom. The van der Waals surface area contributed by atoms with Crippen LogP contribution in [0.25, 0.3) is 0 Å². The fraction of sp³-hybridized carbons (Fsp3) is 0.294. The van der Waals surface area contributed by atoms with E-state index in [-0.39, 0.29) is 6.04 Å². The van der Waals surface area contributed by atoms with Crippen LogP contribution in [0.1, 0.15) is 29.7 Å². The van der Waals surface area contributed by atoms with E-state index in [4.69, 9.17) is 16.3 Å². The zero-order valence-electron chi connectivity index (χ0n) is 12.1. The zero-order chi connectivity index (χ0) is 14.5. The van der Waals surface area contributed by atoms with Gasteiger partial charge in [0.2, 0.25) is 0 Å². The molecule has 20 heavy (non-hydrogen) atoms. The van der Waals surface area contributed by atoms with Crippen molar-refractivity contribution in [3.8, 4) is 5.75 Å². The number of nitrogens with one attached hydrogen (secondary N) is 1. The van der Waals surface area contributed by atoms with Crippen LogP contribution in [0.4, 0.5) is 0 Å². The number of aryl methyl sites for hydroxylation is 1. The molecule has 0 saturated heterocycles. The van der Waals surface area contributed by atoms with Crippen molar-refractivity contribution in [2.45, 2.75) is 19.9 Å². The molecule has 1 unspecified atom stereocenters. The molecule has 0 spiro atoms. The summed E-state index contributed by atoms with van der Waals surface area (Å²) >= 11 is 6.19.